The zero-order valence-corrected chi connectivity index (χ0v) is 21.5. The van der Waals surface area contributed by atoms with Crippen molar-refractivity contribution in [2.45, 2.75) is 38.3 Å². The summed E-state index contributed by atoms with van der Waals surface area (Å²) >= 11 is 0. The average molecular weight is 543 g/mol. The number of halogens is 1. The van der Waals surface area contributed by atoms with Gasteiger partial charge in [0.15, 0.2) is 5.96 Å². The van der Waals surface area contributed by atoms with E-state index in [0.717, 1.165) is 64.5 Å². The van der Waals surface area contributed by atoms with Gasteiger partial charge in [0.05, 0.1) is 6.54 Å². The second-order valence-electron chi connectivity index (χ2n) is 8.32. The Hall–Kier alpha value is -1.39. The molecule has 2 atom stereocenters. The molecule has 0 saturated carbocycles. The van der Waals surface area contributed by atoms with E-state index >= 15 is 0 Å². The first kappa shape index (κ1) is 25.9. The molecule has 1 aromatic carbocycles. The largest absolute Gasteiger partial charge is 0.368 e. The minimum absolute atomic E-state index is 0. The summed E-state index contributed by atoms with van der Waals surface area (Å²) < 4.78 is 5.57. The average Bonchev–Trinajstić information content (AvgIpc) is 3.31. The van der Waals surface area contributed by atoms with E-state index in [0.29, 0.717) is 12.6 Å². The number of likely N-dealkylation sites (N-methyl/N-ethyl adjacent to an activating group) is 1. The van der Waals surface area contributed by atoms with Gasteiger partial charge in [-0.3, -0.25) is 9.79 Å². The van der Waals surface area contributed by atoms with Gasteiger partial charge in [-0.2, -0.15) is 0 Å². The van der Waals surface area contributed by atoms with Gasteiger partial charge in [0.2, 0.25) is 0 Å². The monoisotopic (exact) mass is 543 g/mol. The summed E-state index contributed by atoms with van der Waals surface area (Å²) in [6.45, 7) is 7.43. The predicted octanol–water partition coefficient (Wildman–Crippen LogP) is 2.07. The van der Waals surface area contributed by atoms with Gasteiger partial charge < -0.3 is 24.8 Å². The minimum Gasteiger partial charge on any atom is -0.368 e. The third-order valence-electron chi connectivity index (χ3n) is 5.93. The lowest BCUT2D eigenvalue weighted by Crippen LogP contribution is -2.55. The van der Waals surface area contributed by atoms with Crippen LogP contribution in [0.25, 0.3) is 0 Å². The molecule has 2 saturated heterocycles. The standard InChI is InChI=1S/C23H37N5O2.HI/c1-4-24-23(25-18-20(26(2)3)17-19-9-6-5-7-10-19)28-14-12-27(13-15-28)22(29)21-11-8-16-30-21;/h5-7,9-10,20-21H,4,8,11-18H2,1-3H3,(H,24,25);1H. The maximum Gasteiger partial charge on any atom is 0.251 e. The summed E-state index contributed by atoms with van der Waals surface area (Å²) in [4.78, 5) is 24.0. The highest BCUT2D eigenvalue weighted by Gasteiger charge is 2.31. The molecule has 1 aromatic rings. The summed E-state index contributed by atoms with van der Waals surface area (Å²) in [6, 6.07) is 10.9. The van der Waals surface area contributed by atoms with E-state index in [1.165, 1.54) is 5.56 Å². The number of benzene rings is 1. The Morgan fingerprint density at radius 2 is 1.87 bits per heavy atom. The van der Waals surface area contributed by atoms with Crippen molar-refractivity contribution in [2.75, 3.05) is 60.0 Å². The van der Waals surface area contributed by atoms with Crippen LogP contribution in [0, 0.1) is 0 Å². The van der Waals surface area contributed by atoms with Crippen molar-refractivity contribution < 1.29 is 9.53 Å². The van der Waals surface area contributed by atoms with Crippen LogP contribution in [0.15, 0.2) is 35.3 Å². The van der Waals surface area contributed by atoms with Crippen molar-refractivity contribution in [1.82, 2.24) is 20.0 Å². The Kier molecular flexibility index (Phi) is 11.0. The molecular formula is C23H38IN5O2. The Labute approximate surface area is 204 Å². The number of rotatable bonds is 7. The number of hydrogen-bond acceptors (Lipinski definition) is 4. The maximum atomic E-state index is 12.6. The Balaban J connectivity index is 0.00000341. The molecule has 2 fully saturated rings. The molecule has 31 heavy (non-hydrogen) atoms. The maximum absolute atomic E-state index is 12.6. The molecule has 0 aromatic heterocycles. The molecule has 1 amide bonds. The lowest BCUT2D eigenvalue weighted by Gasteiger charge is -2.37. The Bertz CT molecular complexity index is 686. The van der Waals surface area contributed by atoms with Crippen LogP contribution in [-0.2, 0) is 16.0 Å². The summed E-state index contributed by atoms with van der Waals surface area (Å²) in [7, 11) is 4.23. The zero-order chi connectivity index (χ0) is 21.3. The normalized spacial score (nSPS) is 20.5. The topological polar surface area (TPSA) is 60.4 Å². The fourth-order valence-corrected chi connectivity index (χ4v) is 4.03. The fraction of sp³-hybridized carbons (Fsp3) is 0.652. The van der Waals surface area contributed by atoms with Crippen LogP contribution in [0.1, 0.15) is 25.3 Å². The second-order valence-corrected chi connectivity index (χ2v) is 8.32. The first-order valence-electron chi connectivity index (χ1n) is 11.2. The van der Waals surface area contributed by atoms with Crippen LogP contribution >= 0.6 is 24.0 Å². The number of nitrogens with zero attached hydrogens (tertiary/aromatic N) is 4. The van der Waals surface area contributed by atoms with E-state index in [9.17, 15) is 4.79 Å². The summed E-state index contributed by atoms with van der Waals surface area (Å²) in [5, 5.41) is 3.44. The summed E-state index contributed by atoms with van der Waals surface area (Å²) in [5.74, 6) is 1.10. The van der Waals surface area contributed by atoms with Crippen molar-refractivity contribution >= 4 is 35.8 Å². The molecule has 0 aliphatic carbocycles. The van der Waals surface area contributed by atoms with Gasteiger partial charge in [-0.1, -0.05) is 30.3 Å². The van der Waals surface area contributed by atoms with Crippen molar-refractivity contribution in [3.8, 4) is 0 Å². The number of carbonyl (C=O) groups is 1. The van der Waals surface area contributed by atoms with E-state index in [-0.39, 0.29) is 36.0 Å². The Morgan fingerprint density at radius 1 is 1.19 bits per heavy atom. The molecule has 7 nitrogen and oxygen atoms in total. The molecule has 3 rings (SSSR count). The first-order valence-corrected chi connectivity index (χ1v) is 11.2. The molecule has 2 unspecified atom stereocenters. The molecule has 8 heteroatoms. The van der Waals surface area contributed by atoms with Crippen molar-refractivity contribution in [3.63, 3.8) is 0 Å². The van der Waals surface area contributed by atoms with Crippen LogP contribution in [-0.4, -0.2) is 98.7 Å². The third-order valence-corrected chi connectivity index (χ3v) is 5.93. The van der Waals surface area contributed by atoms with E-state index in [1.54, 1.807) is 0 Å². The summed E-state index contributed by atoms with van der Waals surface area (Å²) in [5.41, 5.74) is 1.33. The second kappa shape index (κ2) is 13.2. The number of piperazine rings is 1. The van der Waals surface area contributed by atoms with Gasteiger partial charge in [-0.05, 0) is 45.8 Å². The van der Waals surface area contributed by atoms with Crippen molar-refractivity contribution in [2.24, 2.45) is 4.99 Å². The third kappa shape index (κ3) is 7.61. The van der Waals surface area contributed by atoms with Crippen LogP contribution in [0.4, 0.5) is 0 Å². The van der Waals surface area contributed by atoms with Gasteiger partial charge >= 0.3 is 0 Å². The van der Waals surface area contributed by atoms with E-state index in [4.69, 9.17) is 9.73 Å². The van der Waals surface area contributed by atoms with Crippen molar-refractivity contribution in [3.05, 3.63) is 35.9 Å². The van der Waals surface area contributed by atoms with Gasteiger partial charge in [-0.25, -0.2) is 0 Å². The first-order chi connectivity index (χ1) is 14.6. The highest BCUT2D eigenvalue weighted by Crippen LogP contribution is 2.16. The molecule has 2 aliphatic heterocycles. The van der Waals surface area contributed by atoms with Crippen LogP contribution in [0.3, 0.4) is 0 Å². The smallest absolute Gasteiger partial charge is 0.251 e. The van der Waals surface area contributed by atoms with Gasteiger partial charge in [-0.15, -0.1) is 24.0 Å². The molecule has 0 radical (unpaired) electrons. The summed E-state index contributed by atoms with van der Waals surface area (Å²) in [6.07, 6.45) is 2.60. The highest BCUT2D eigenvalue weighted by molar-refractivity contribution is 14.0. The number of aliphatic imine (C=N–C) groups is 1. The SMILES string of the molecule is CCNC(=NCC(Cc1ccccc1)N(C)C)N1CCN(C(=O)C2CCCO2)CC1.I. The number of ether oxygens (including phenoxy) is 1. The van der Waals surface area contributed by atoms with E-state index < -0.39 is 0 Å². The van der Waals surface area contributed by atoms with Crippen LogP contribution in [0.5, 0.6) is 0 Å². The molecule has 1 N–H and O–H groups in total. The molecule has 174 valence electrons. The van der Waals surface area contributed by atoms with Crippen LogP contribution < -0.4 is 5.32 Å². The minimum atomic E-state index is -0.225. The number of carbonyl (C=O) groups excluding carboxylic acids is 1. The fourth-order valence-electron chi connectivity index (χ4n) is 4.03. The number of hydrogen-bond donors (Lipinski definition) is 1. The molecule has 2 heterocycles. The van der Waals surface area contributed by atoms with Gasteiger partial charge in [0.1, 0.15) is 6.10 Å². The number of nitrogens with one attached hydrogen (secondary N) is 1. The zero-order valence-electron chi connectivity index (χ0n) is 19.1. The lowest BCUT2D eigenvalue weighted by atomic mass is 10.1. The Morgan fingerprint density at radius 3 is 2.45 bits per heavy atom. The van der Waals surface area contributed by atoms with E-state index in [2.05, 4.69) is 66.5 Å². The molecule has 2 aliphatic rings. The van der Waals surface area contributed by atoms with Gasteiger partial charge in [0.25, 0.3) is 5.91 Å². The number of amides is 1. The molecule has 0 spiro atoms. The van der Waals surface area contributed by atoms with Gasteiger partial charge in [0, 0.05) is 45.4 Å². The van der Waals surface area contributed by atoms with E-state index in [1.807, 2.05) is 4.90 Å². The quantitative estimate of drug-likeness (QED) is 0.324. The molecule has 0 bridgehead atoms. The lowest BCUT2D eigenvalue weighted by molar-refractivity contribution is -0.142. The van der Waals surface area contributed by atoms with Crippen molar-refractivity contribution in [1.29, 1.82) is 0 Å². The predicted molar refractivity (Wildman–Crippen MR) is 136 cm³/mol. The molecular weight excluding hydrogens is 505 g/mol. The van der Waals surface area contributed by atoms with Crippen LogP contribution in [0.2, 0.25) is 0 Å². The number of guanidine groups is 1. The highest BCUT2D eigenvalue weighted by atomic mass is 127.